The number of unbranched alkanes of at least 4 members (excludes halogenated alkanes) is 42. The lowest BCUT2D eigenvalue weighted by Crippen LogP contribution is -2.46. The molecule has 72 heavy (non-hydrogen) atoms. The van der Waals surface area contributed by atoms with Crippen LogP contribution in [0.3, 0.4) is 0 Å². The molecule has 0 aromatic heterocycles. The third kappa shape index (κ3) is 56.7. The number of phosphoric ester groups is 1. The number of allylic oxidation sites excluding steroid dienone is 4. The molecular weight excluding hydrogens is 912 g/mol. The van der Waals surface area contributed by atoms with E-state index in [4.69, 9.17) is 9.05 Å². The highest BCUT2D eigenvalue weighted by Gasteiger charge is 2.24. The second kappa shape index (κ2) is 54.8. The van der Waals surface area contributed by atoms with Gasteiger partial charge in [-0.25, -0.2) is 0 Å². The monoisotopic (exact) mass is 1040 g/mol. The van der Waals surface area contributed by atoms with E-state index in [0.717, 1.165) is 44.9 Å². The number of carbonyl (C=O) groups excluding carboxylic acids is 1. The highest BCUT2D eigenvalue weighted by molar-refractivity contribution is 7.45. The molecule has 9 heteroatoms. The number of hydrogen-bond acceptors (Lipinski definition) is 6. The fourth-order valence-corrected chi connectivity index (χ4v) is 10.4. The summed E-state index contributed by atoms with van der Waals surface area (Å²) in [5, 5.41) is 14.1. The fourth-order valence-electron chi connectivity index (χ4n) is 9.72. The highest BCUT2D eigenvalue weighted by atomic mass is 31.2. The number of aliphatic hydroxyl groups is 1. The first kappa shape index (κ1) is 71.0. The molecule has 0 radical (unpaired) electrons. The molecule has 0 fully saturated rings. The first-order valence-corrected chi connectivity index (χ1v) is 33.1. The van der Waals surface area contributed by atoms with Gasteiger partial charge in [-0.05, 0) is 44.9 Å². The Morgan fingerprint density at radius 3 is 1.15 bits per heavy atom. The Hall–Kier alpha value is -1.02. The van der Waals surface area contributed by atoms with E-state index in [1.807, 2.05) is 21.1 Å². The zero-order chi connectivity index (χ0) is 52.7. The largest absolute Gasteiger partial charge is 0.756 e. The number of likely N-dealkylation sites (N-methyl/N-ethyl adjacent to an activating group) is 1. The molecule has 0 aliphatic carbocycles. The van der Waals surface area contributed by atoms with E-state index in [2.05, 4.69) is 43.5 Å². The maximum atomic E-state index is 13.0. The van der Waals surface area contributed by atoms with Crippen LogP contribution in [0.5, 0.6) is 0 Å². The first-order valence-electron chi connectivity index (χ1n) is 31.7. The minimum absolute atomic E-state index is 0.0146. The molecule has 3 unspecified atom stereocenters. The topological polar surface area (TPSA) is 108 Å². The van der Waals surface area contributed by atoms with Crippen LogP contribution in [0.15, 0.2) is 24.3 Å². The molecule has 0 aliphatic heterocycles. The maximum absolute atomic E-state index is 13.0. The van der Waals surface area contributed by atoms with Gasteiger partial charge in [0, 0.05) is 6.42 Å². The number of rotatable bonds is 59. The van der Waals surface area contributed by atoms with E-state index < -0.39 is 20.0 Å². The summed E-state index contributed by atoms with van der Waals surface area (Å²) in [5.74, 6) is -0.158. The van der Waals surface area contributed by atoms with E-state index >= 15 is 0 Å². The number of carbonyl (C=O) groups is 1. The predicted octanol–water partition coefficient (Wildman–Crippen LogP) is 18.9. The first-order chi connectivity index (χ1) is 35.0. The molecule has 0 bridgehead atoms. The SMILES string of the molecule is CCCCCCC/C=C\C/C=C\CCCCCCCCCCCCCCCCCCCC(=O)NC(COP(=O)([O-])OCC[N+](C)(C)C)C(O)CCCCCCCCCCCCCCCCCCCCCCC. The molecule has 0 aliphatic rings. The molecule has 0 heterocycles. The van der Waals surface area contributed by atoms with E-state index in [1.54, 1.807) is 0 Å². The summed E-state index contributed by atoms with van der Waals surface area (Å²) in [6.07, 6.45) is 69.4. The molecule has 428 valence electrons. The predicted molar refractivity (Wildman–Crippen MR) is 312 cm³/mol. The lowest BCUT2D eigenvalue weighted by Gasteiger charge is -2.30. The summed E-state index contributed by atoms with van der Waals surface area (Å²) < 4.78 is 23.5. The Kier molecular flexibility index (Phi) is 54.0. The average Bonchev–Trinajstić information content (AvgIpc) is 3.34. The summed E-state index contributed by atoms with van der Waals surface area (Å²) in [7, 11) is 1.32. The van der Waals surface area contributed by atoms with Gasteiger partial charge in [0.15, 0.2) is 0 Å². The van der Waals surface area contributed by atoms with Gasteiger partial charge in [0.05, 0.1) is 39.9 Å². The second-order valence-electron chi connectivity index (χ2n) is 23.1. The van der Waals surface area contributed by atoms with Crippen LogP contribution in [-0.2, 0) is 18.4 Å². The number of phosphoric acid groups is 1. The fraction of sp³-hybridized carbons (Fsp3) is 0.921. The van der Waals surface area contributed by atoms with Crippen molar-refractivity contribution in [3.05, 3.63) is 24.3 Å². The van der Waals surface area contributed by atoms with Crippen molar-refractivity contribution in [2.75, 3.05) is 40.9 Å². The third-order valence-electron chi connectivity index (χ3n) is 14.7. The van der Waals surface area contributed by atoms with Crippen LogP contribution < -0.4 is 10.2 Å². The Bertz CT molecular complexity index is 1220. The molecule has 0 aromatic rings. The lowest BCUT2D eigenvalue weighted by molar-refractivity contribution is -0.870. The van der Waals surface area contributed by atoms with Gasteiger partial charge in [-0.2, -0.15) is 0 Å². The van der Waals surface area contributed by atoms with Gasteiger partial charge in [0.25, 0.3) is 7.82 Å². The molecule has 0 saturated heterocycles. The Morgan fingerprint density at radius 2 is 0.806 bits per heavy atom. The van der Waals surface area contributed by atoms with Crippen molar-refractivity contribution in [3.8, 4) is 0 Å². The van der Waals surface area contributed by atoms with Gasteiger partial charge in [0.2, 0.25) is 5.91 Å². The van der Waals surface area contributed by atoms with Gasteiger partial charge in [-0.15, -0.1) is 0 Å². The average molecular weight is 1040 g/mol. The van der Waals surface area contributed by atoms with Crippen LogP contribution in [-0.4, -0.2) is 68.5 Å². The van der Waals surface area contributed by atoms with Crippen LogP contribution >= 0.6 is 7.82 Å². The quantitative estimate of drug-likeness (QED) is 0.0272. The smallest absolute Gasteiger partial charge is 0.268 e. The van der Waals surface area contributed by atoms with Gasteiger partial charge >= 0.3 is 0 Å². The van der Waals surface area contributed by atoms with Crippen molar-refractivity contribution in [2.24, 2.45) is 0 Å². The molecule has 8 nitrogen and oxygen atoms in total. The molecule has 2 N–H and O–H groups in total. The molecule has 0 spiro atoms. The molecular formula is C63H125N2O6P. The van der Waals surface area contributed by atoms with Gasteiger partial charge < -0.3 is 28.8 Å². The third-order valence-corrected chi connectivity index (χ3v) is 15.7. The lowest BCUT2D eigenvalue weighted by atomic mass is 10.0. The number of quaternary nitrogens is 1. The normalized spacial score (nSPS) is 13.9. The number of hydrogen-bond donors (Lipinski definition) is 2. The van der Waals surface area contributed by atoms with Crippen molar-refractivity contribution < 1.29 is 32.9 Å². The minimum Gasteiger partial charge on any atom is -0.756 e. The van der Waals surface area contributed by atoms with Crippen molar-refractivity contribution in [2.45, 2.75) is 334 Å². The number of nitrogens with zero attached hydrogens (tertiary/aromatic N) is 1. The summed E-state index contributed by atoms with van der Waals surface area (Å²) in [4.78, 5) is 25.6. The zero-order valence-corrected chi connectivity index (χ0v) is 49.8. The van der Waals surface area contributed by atoms with Crippen molar-refractivity contribution in [1.82, 2.24) is 5.32 Å². The Labute approximate surface area is 449 Å². The van der Waals surface area contributed by atoms with Crippen molar-refractivity contribution >= 4 is 13.7 Å². The molecule has 0 aromatic carbocycles. The molecule has 0 saturated carbocycles. The highest BCUT2D eigenvalue weighted by Crippen LogP contribution is 2.38. The Balaban J connectivity index is 4.06. The van der Waals surface area contributed by atoms with E-state index in [0.29, 0.717) is 23.9 Å². The zero-order valence-electron chi connectivity index (χ0n) is 48.9. The molecule has 3 atom stereocenters. The van der Waals surface area contributed by atoms with Crippen LogP contribution in [0.4, 0.5) is 0 Å². The second-order valence-corrected chi connectivity index (χ2v) is 24.5. The summed E-state index contributed by atoms with van der Waals surface area (Å²) in [5.41, 5.74) is 0. The van der Waals surface area contributed by atoms with Crippen LogP contribution in [0.1, 0.15) is 322 Å². The summed E-state index contributed by atoms with van der Waals surface area (Å²) in [6.45, 7) is 4.76. The standard InChI is InChI=1S/C63H125N2O6P/c1-6-8-10-12-14-16-18-20-22-24-26-28-29-30-31-32-33-34-35-37-39-41-43-45-47-49-51-53-55-57-63(67)64-61(60-71-72(68,69)70-59-58-65(3,4)5)62(66)56-54-52-50-48-46-44-42-40-38-36-27-25-23-21-19-17-15-13-11-9-7-2/h18,20,24,26,61-62,66H,6-17,19,21-23,25,27-60H2,1-5H3,(H-,64,67,68,69)/b20-18-,26-24-. The van der Waals surface area contributed by atoms with Crippen LogP contribution in [0, 0.1) is 0 Å². The summed E-state index contributed by atoms with van der Waals surface area (Å²) >= 11 is 0. The number of aliphatic hydroxyl groups excluding tert-OH is 1. The number of nitrogens with one attached hydrogen (secondary N) is 1. The van der Waals surface area contributed by atoms with Gasteiger partial charge in [-0.1, -0.05) is 295 Å². The minimum atomic E-state index is -4.57. The van der Waals surface area contributed by atoms with Crippen molar-refractivity contribution in [3.63, 3.8) is 0 Å². The van der Waals surface area contributed by atoms with Gasteiger partial charge in [-0.3, -0.25) is 9.36 Å². The van der Waals surface area contributed by atoms with Gasteiger partial charge in [0.1, 0.15) is 13.2 Å². The molecule has 0 rings (SSSR count). The van der Waals surface area contributed by atoms with Crippen LogP contribution in [0.25, 0.3) is 0 Å². The maximum Gasteiger partial charge on any atom is 0.268 e. The number of amides is 1. The van der Waals surface area contributed by atoms with E-state index in [9.17, 15) is 19.4 Å². The van der Waals surface area contributed by atoms with E-state index in [-0.39, 0.29) is 19.1 Å². The summed E-state index contributed by atoms with van der Waals surface area (Å²) in [6, 6.07) is -0.799. The van der Waals surface area contributed by atoms with E-state index in [1.165, 1.54) is 250 Å². The van der Waals surface area contributed by atoms with Crippen LogP contribution in [0.2, 0.25) is 0 Å². The molecule has 1 amide bonds. The van der Waals surface area contributed by atoms with Crippen molar-refractivity contribution in [1.29, 1.82) is 0 Å². The Morgan fingerprint density at radius 1 is 0.486 bits per heavy atom.